The average molecular weight is 465 g/mol. The first kappa shape index (κ1) is 22.3. The van der Waals surface area contributed by atoms with Crippen LogP contribution in [0.2, 0.25) is 10.0 Å². The van der Waals surface area contributed by atoms with Crippen LogP contribution in [0, 0.1) is 0 Å². The monoisotopic (exact) mass is 464 g/mol. The summed E-state index contributed by atoms with van der Waals surface area (Å²) in [5, 5.41) is 1.04. The van der Waals surface area contributed by atoms with Crippen LogP contribution >= 0.6 is 35.0 Å². The quantitative estimate of drug-likeness (QED) is 0.526. The predicted octanol–water partition coefficient (Wildman–Crippen LogP) is 4.01. The molecule has 0 saturated carbocycles. The lowest BCUT2D eigenvalue weighted by atomic mass is 10.2. The highest BCUT2D eigenvalue weighted by Gasteiger charge is 2.20. The standard InChI is InChI=1S/C21H22Cl2N4O2S/c1-13(28)26-6-8-27(9-7-26)21(29)5-3-14-2-4-19(15(22)10-14)30-20-12-18(25)17(24)11-16(20)23/h2-5,10-12H,6-9,24-25H2,1H3. The van der Waals surface area contributed by atoms with E-state index in [1.165, 1.54) is 17.8 Å². The molecule has 0 aliphatic carbocycles. The number of nitrogen functional groups attached to an aromatic ring is 2. The summed E-state index contributed by atoms with van der Waals surface area (Å²) in [6.07, 6.45) is 3.26. The average Bonchev–Trinajstić information content (AvgIpc) is 2.71. The van der Waals surface area contributed by atoms with Crippen LogP contribution in [-0.2, 0) is 9.59 Å². The number of rotatable bonds is 4. The number of nitrogens with two attached hydrogens (primary N) is 2. The van der Waals surface area contributed by atoms with Crippen molar-refractivity contribution in [1.29, 1.82) is 0 Å². The summed E-state index contributed by atoms with van der Waals surface area (Å²) in [5.41, 5.74) is 13.3. The van der Waals surface area contributed by atoms with Gasteiger partial charge in [-0.3, -0.25) is 9.59 Å². The molecule has 1 fully saturated rings. The third-order valence-electron chi connectivity index (χ3n) is 4.77. The van der Waals surface area contributed by atoms with Gasteiger partial charge in [-0.2, -0.15) is 0 Å². The van der Waals surface area contributed by atoms with Gasteiger partial charge in [0.2, 0.25) is 11.8 Å². The van der Waals surface area contributed by atoms with E-state index < -0.39 is 0 Å². The maximum absolute atomic E-state index is 12.4. The van der Waals surface area contributed by atoms with Gasteiger partial charge in [0.05, 0.1) is 21.4 Å². The minimum atomic E-state index is -0.0862. The van der Waals surface area contributed by atoms with Crippen molar-refractivity contribution >= 4 is 64.2 Å². The van der Waals surface area contributed by atoms with Crippen molar-refractivity contribution in [3.05, 3.63) is 52.0 Å². The third-order valence-corrected chi connectivity index (χ3v) is 6.75. The Labute approximate surface area is 189 Å². The van der Waals surface area contributed by atoms with Crippen LogP contribution < -0.4 is 11.5 Å². The third kappa shape index (κ3) is 5.41. The molecular weight excluding hydrogens is 443 g/mol. The van der Waals surface area contributed by atoms with Gasteiger partial charge < -0.3 is 21.3 Å². The summed E-state index contributed by atoms with van der Waals surface area (Å²) < 4.78 is 0. The molecule has 0 unspecified atom stereocenters. The van der Waals surface area contributed by atoms with Crippen LogP contribution in [0.4, 0.5) is 11.4 Å². The first-order valence-electron chi connectivity index (χ1n) is 9.29. The first-order valence-corrected chi connectivity index (χ1v) is 10.9. The lowest BCUT2D eigenvalue weighted by molar-refractivity contribution is -0.135. The van der Waals surface area contributed by atoms with Gasteiger partial charge >= 0.3 is 0 Å². The van der Waals surface area contributed by atoms with E-state index >= 15 is 0 Å². The summed E-state index contributed by atoms with van der Waals surface area (Å²) >= 11 is 14.1. The fourth-order valence-corrected chi connectivity index (χ4v) is 4.46. The van der Waals surface area contributed by atoms with Gasteiger partial charge in [-0.25, -0.2) is 0 Å². The van der Waals surface area contributed by atoms with Crippen LogP contribution in [-0.4, -0.2) is 47.8 Å². The number of anilines is 2. The van der Waals surface area contributed by atoms with Crippen molar-refractivity contribution in [2.75, 3.05) is 37.6 Å². The molecule has 0 atom stereocenters. The van der Waals surface area contributed by atoms with Gasteiger partial charge in [0.15, 0.2) is 0 Å². The van der Waals surface area contributed by atoms with Crippen molar-refractivity contribution in [2.24, 2.45) is 0 Å². The van der Waals surface area contributed by atoms with E-state index in [2.05, 4.69) is 0 Å². The highest BCUT2D eigenvalue weighted by molar-refractivity contribution is 7.99. The second-order valence-electron chi connectivity index (χ2n) is 6.87. The SMILES string of the molecule is CC(=O)N1CCN(C(=O)C=Cc2ccc(Sc3cc(N)c(N)cc3Cl)c(Cl)c2)CC1. The van der Waals surface area contributed by atoms with Gasteiger partial charge in [0.25, 0.3) is 0 Å². The molecule has 2 aromatic carbocycles. The molecular formula is C21H22Cl2N4O2S. The number of hydrogen-bond acceptors (Lipinski definition) is 5. The molecule has 0 radical (unpaired) electrons. The number of halogens is 2. The van der Waals surface area contributed by atoms with E-state index in [1.807, 2.05) is 12.1 Å². The Hall–Kier alpha value is -2.35. The molecule has 2 aromatic rings. The Bertz CT molecular complexity index is 1000. The Morgan fingerprint density at radius 1 is 0.933 bits per heavy atom. The maximum atomic E-state index is 12.4. The summed E-state index contributed by atoms with van der Waals surface area (Å²) in [7, 11) is 0. The minimum absolute atomic E-state index is 0.0354. The number of amides is 2. The second-order valence-corrected chi connectivity index (χ2v) is 8.77. The van der Waals surface area contributed by atoms with E-state index in [9.17, 15) is 9.59 Å². The molecule has 2 amide bonds. The van der Waals surface area contributed by atoms with Crippen LogP contribution in [0.15, 0.2) is 46.2 Å². The highest BCUT2D eigenvalue weighted by atomic mass is 35.5. The van der Waals surface area contributed by atoms with Crippen LogP contribution in [0.25, 0.3) is 6.08 Å². The number of hydrogen-bond donors (Lipinski definition) is 2. The summed E-state index contributed by atoms with van der Waals surface area (Å²) in [5.74, 6) is -0.0508. The summed E-state index contributed by atoms with van der Waals surface area (Å²) in [4.78, 5) is 28.8. The smallest absolute Gasteiger partial charge is 0.246 e. The number of benzene rings is 2. The van der Waals surface area contributed by atoms with E-state index in [-0.39, 0.29) is 11.8 Å². The Balaban J connectivity index is 1.65. The number of carbonyl (C=O) groups is 2. The Morgan fingerprint density at radius 2 is 1.53 bits per heavy atom. The van der Waals surface area contributed by atoms with Crippen molar-refractivity contribution in [2.45, 2.75) is 16.7 Å². The van der Waals surface area contributed by atoms with Gasteiger partial charge in [-0.1, -0.05) is 41.0 Å². The van der Waals surface area contributed by atoms with E-state index in [0.29, 0.717) is 47.6 Å². The van der Waals surface area contributed by atoms with E-state index in [4.69, 9.17) is 34.7 Å². The molecule has 1 heterocycles. The van der Waals surface area contributed by atoms with Crippen molar-refractivity contribution in [1.82, 2.24) is 9.80 Å². The normalized spacial score (nSPS) is 14.4. The van der Waals surface area contributed by atoms with Crippen LogP contribution in [0.1, 0.15) is 12.5 Å². The zero-order valence-electron chi connectivity index (χ0n) is 16.4. The minimum Gasteiger partial charge on any atom is -0.397 e. The zero-order chi connectivity index (χ0) is 21.8. The van der Waals surface area contributed by atoms with Gasteiger partial charge in [0, 0.05) is 49.0 Å². The van der Waals surface area contributed by atoms with Crippen LogP contribution in [0.3, 0.4) is 0 Å². The molecule has 6 nitrogen and oxygen atoms in total. The predicted molar refractivity (Wildman–Crippen MR) is 124 cm³/mol. The fraction of sp³-hybridized carbons (Fsp3) is 0.238. The number of nitrogens with zero attached hydrogens (tertiary/aromatic N) is 2. The first-order chi connectivity index (χ1) is 14.2. The topological polar surface area (TPSA) is 92.7 Å². The van der Waals surface area contributed by atoms with Crippen molar-refractivity contribution in [3.8, 4) is 0 Å². The van der Waals surface area contributed by atoms with Crippen LogP contribution in [0.5, 0.6) is 0 Å². The largest absolute Gasteiger partial charge is 0.397 e. The second kappa shape index (κ2) is 9.64. The molecule has 158 valence electrons. The zero-order valence-corrected chi connectivity index (χ0v) is 18.7. The Morgan fingerprint density at radius 3 is 2.17 bits per heavy atom. The number of carbonyl (C=O) groups excluding carboxylic acids is 2. The summed E-state index contributed by atoms with van der Waals surface area (Å²) in [6.45, 7) is 3.73. The molecule has 1 saturated heterocycles. The highest BCUT2D eigenvalue weighted by Crippen LogP contribution is 2.40. The lowest BCUT2D eigenvalue weighted by Crippen LogP contribution is -2.49. The molecule has 3 rings (SSSR count). The van der Waals surface area contributed by atoms with Gasteiger partial charge in [-0.05, 0) is 35.9 Å². The van der Waals surface area contributed by atoms with Gasteiger partial charge in [-0.15, -0.1) is 0 Å². The van der Waals surface area contributed by atoms with Crippen molar-refractivity contribution < 1.29 is 9.59 Å². The Kier molecular flexibility index (Phi) is 7.18. The summed E-state index contributed by atoms with van der Waals surface area (Å²) in [6, 6.07) is 8.87. The maximum Gasteiger partial charge on any atom is 0.246 e. The molecule has 1 aliphatic heterocycles. The van der Waals surface area contributed by atoms with E-state index in [1.54, 1.807) is 41.0 Å². The van der Waals surface area contributed by atoms with Crippen molar-refractivity contribution in [3.63, 3.8) is 0 Å². The molecule has 0 bridgehead atoms. The molecule has 30 heavy (non-hydrogen) atoms. The fourth-order valence-electron chi connectivity index (χ4n) is 3.00. The van der Waals surface area contributed by atoms with E-state index in [0.717, 1.165) is 15.4 Å². The van der Waals surface area contributed by atoms with Gasteiger partial charge in [0.1, 0.15) is 0 Å². The molecule has 4 N–H and O–H groups in total. The molecule has 9 heteroatoms. The molecule has 1 aliphatic rings. The number of piperazine rings is 1. The molecule has 0 aromatic heterocycles. The molecule has 0 spiro atoms. The lowest BCUT2D eigenvalue weighted by Gasteiger charge is -2.33.